The Bertz CT molecular complexity index is 236. The molecule has 0 saturated heterocycles. The molecular formula is C5H7N5O. The van der Waals surface area contributed by atoms with Crippen LogP contribution in [0.4, 0.5) is 10.7 Å². The van der Waals surface area contributed by atoms with Crippen molar-refractivity contribution < 1.29 is 4.79 Å². The van der Waals surface area contributed by atoms with Crippen molar-refractivity contribution in [3.63, 3.8) is 0 Å². The summed E-state index contributed by atoms with van der Waals surface area (Å²) in [5.74, 6) is 0.298. The molecule has 0 saturated carbocycles. The molecule has 0 fully saturated rings. The van der Waals surface area contributed by atoms with Gasteiger partial charge in [-0.15, -0.1) is 0 Å². The van der Waals surface area contributed by atoms with E-state index in [0.717, 1.165) is 0 Å². The first-order chi connectivity index (χ1) is 5.29. The number of primary amides is 1. The molecule has 6 nitrogen and oxygen atoms in total. The standard InChI is InChI=1S/C5H7N5O/c6-4(11)9-10-5-7-2-1-3-8-5/h1-3H,(H3,6,9,11)(H,7,8,10). The van der Waals surface area contributed by atoms with Gasteiger partial charge in [-0.3, -0.25) is 5.43 Å². The largest absolute Gasteiger partial charge is 0.350 e. The molecule has 4 N–H and O–H groups in total. The summed E-state index contributed by atoms with van der Waals surface area (Å²) < 4.78 is 0. The number of aromatic nitrogens is 2. The van der Waals surface area contributed by atoms with Crippen LogP contribution in [0.1, 0.15) is 0 Å². The van der Waals surface area contributed by atoms with E-state index in [1.807, 2.05) is 0 Å². The highest BCUT2D eigenvalue weighted by Crippen LogP contribution is 1.89. The van der Waals surface area contributed by atoms with Crippen LogP contribution in [0.3, 0.4) is 0 Å². The Kier molecular flexibility index (Phi) is 2.21. The zero-order chi connectivity index (χ0) is 8.10. The number of carbonyl (C=O) groups excluding carboxylic acids is 1. The predicted molar refractivity (Wildman–Crippen MR) is 38.4 cm³/mol. The fourth-order valence-corrected chi connectivity index (χ4v) is 0.481. The molecule has 6 heteroatoms. The van der Waals surface area contributed by atoms with E-state index in [1.165, 1.54) is 12.4 Å². The first-order valence-electron chi connectivity index (χ1n) is 2.87. The number of urea groups is 1. The van der Waals surface area contributed by atoms with Crippen LogP contribution >= 0.6 is 0 Å². The third-order valence-electron chi connectivity index (χ3n) is 0.863. The third-order valence-corrected chi connectivity index (χ3v) is 0.863. The maximum absolute atomic E-state index is 10.2. The fraction of sp³-hybridized carbons (Fsp3) is 0. The summed E-state index contributed by atoms with van der Waals surface area (Å²) in [6.45, 7) is 0. The molecule has 11 heavy (non-hydrogen) atoms. The minimum Gasteiger partial charge on any atom is -0.350 e. The zero-order valence-corrected chi connectivity index (χ0v) is 5.61. The van der Waals surface area contributed by atoms with Gasteiger partial charge in [0.1, 0.15) is 0 Å². The number of anilines is 1. The maximum atomic E-state index is 10.2. The van der Waals surface area contributed by atoms with Gasteiger partial charge in [0.2, 0.25) is 5.95 Å². The SMILES string of the molecule is NC(=O)NNc1ncccn1. The van der Waals surface area contributed by atoms with Crippen LogP contribution in [0.5, 0.6) is 0 Å². The summed E-state index contributed by atoms with van der Waals surface area (Å²) in [5, 5.41) is 0. The van der Waals surface area contributed by atoms with Crippen molar-refractivity contribution in [3.05, 3.63) is 18.5 Å². The van der Waals surface area contributed by atoms with Crippen LogP contribution in [0.15, 0.2) is 18.5 Å². The lowest BCUT2D eigenvalue weighted by Crippen LogP contribution is -2.34. The third kappa shape index (κ3) is 2.48. The van der Waals surface area contributed by atoms with Crippen molar-refractivity contribution in [1.29, 1.82) is 0 Å². The van der Waals surface area contributed by atoms with E-state index >= 15 is 0 Å². The second-order valence-corrected chi connectivity index (χ2v) is 1.69. The number of carbonyl (C=O) groups is 1. The van der Waals surface area contributed by atoms with Crippen molar-refractivity contribution in [2.75, 3.05) is 5.43 Å². The predicted octanol–water partition coefficient (Wildman–Crippen LogP) is -0.528. The Morgan fingerprint density at radius 1 is 1.45 bits per heavy atom. The van der Waals surface area contributed by atoms with Crippen molar-refractivity contribution in [2.45, 2.75) is 0 Å². The van der Waals surface area contributed by atoms with E-state index in [2.05, 4.69) is 20.8 Å². The topological polar surface area (TPSA) is 92.9 Å². The number of hydrogen-bond donors (Lipinski definition) is 3. The lowest BCUT2D eigenvalue weighted by Gasteiger charge is -2.01. The Balaban J connectivity index is 2.45. The second-order valence-electron chi connectivity index (χ2n) is 1.69. The Morgan fingerprint density at radius 3 is 2.64 bits per heavy atom. The van der Waals surface area contributed by atoms with E-state index in [-0.39, 0.29) is 0 Å². The summed E-state index contributed by atoms with van der Waals surface area (Å²) in [6.07, 6.45) is 3.08. The number of hydrogen-bond acceptors (Lipinski definition) is 4. The molecule has 0 aliphatic rings. The van der Waals surface area contributed by atoms with Crippen molar-refractivity contribution in [3.8, 4) is 0 Å². The molecule has 0 spiro atoms. The van der Waals surface area contributed by atoms with Crippen LogP contribution in [0.2, 0.25) is 0 Å². The molecule has 1 aromatic heterocycles. The Hall–Kier alpha value is -1.85. The number of nitrogens with one attached hydrogen (secondary N) is 2. The number of nitrogens with two attached hydrogens (primary N) is 1. The molecule has 0 atom stereocenters. The summed E-state index contributed by atoms with van der Waals surface area (Å²) in [5.41, 5.74) is 9.30. The molecule has 0 radical (unpaired) electrons. The van der Waals surface area contributed by atoms with Crippen LogP contribution < -0.4 is 16.6 Å². The van der Waals surface area contributed by atoms with Gasteiger partial charge < -0.3 is 5.73 Å². The zero-order valence-electron chi connectivity index (χ0n) is 5.61. The molecule has 0 aromatic carbocycles. The normalized spacial score (nSPS) is 8.73. The average molecular weight is 153 g/mol. The molecular weight excluding hydrogens is 146 g/mol. The average Bonchev–Trinajstić information content (AvgIpc) is 2.03. The Morgan fingerprint density at radius 2 is 2.09 bits per heavy atom. The molecule has 0 unspecified atom stereocenters. The van der Waals surface area contributed by atoms with E-state index in [1.54, 1.807) is 6.07 Å². The summed E-state index contributed by atoms with van der Waals surface area (Å²) in [4.78, 5) is 17.7. The highest BCUT2D eigenvalue weighted by atomic mass is 16.2. The highest BCUT2D eigenvalue weighted by molar-refractivity contribution is 5.72. The van der Waals surface area contributed by atoms with Gasteiger partial charge in [-0.05, 0) is 6.07 Å². The summed E-state index contributed by atoms with van der Waals surface area (Å²) >= 11 is 0. The molecule has 2 amide bonds. The van der Waals surface area contributed by atoms with Crippen LogP contribution in [-0.2, 0) is 0 Å². The van der Waals surface area contributed by atoms with E-state index in [9.17, 15) is 4.79 Å². The van der Waals surface area contributed by atoms with Crippen molar-refractivity contribution in [2.24, 2.45) is 5.73 Å². The smallest absolute Gasteiger partial charge is 0.330 e. The van der Waals surface area contributed by atoms with Gasteiger partial charge in [0, 0.05) is 12.4 Å². The first-order valence-corrected chi connectivity index (χ1v) is 2.87. The number of amides is 2. The van der Waals surface area contributed by atoms with Gasteiger partial charge in [0.25, 0.3) is 0 Å². The minimum atomic E-state index is -0.683. The van der Waals surface area contributed by atoms with Gasteiger partial charge in [-0.1, -0.05) is 0 Å². The Labute approximate surface area is 62.8 Å². The van der Waals surface area contributed by atoms with Crippen LogP contribution in [0, 0.1) is 0 Å². The van der Waals surface area contributed by atoms with Gasteiger partial charge in [0.15, 0.2) is 0 Å². The summed E-state index contributed by atoms with van der Waals surface area (Å²) in [7, 11) is 0. The second kappa shape index (κ2) is 3.35. The number of rotatable bonds is 2. The summed E-state index contributed by atoms with van der Waals surface area (Å²) in [6, 6.07) is 0.979. The number of hydrazine groups is 1. The molecule has 58 valence electrons. The molecule has 0 aliphatic carbocycles. The minimum absolute atomic E-state index is 0.298. The molecule has 0 bridgehead atoms. The molecule has 1 aromatic rings. The van der Waals surface area contributed by atoms with Gasteiger partial charge in [0.05, 0.1) is 0 Å². The van der Waals surface area contributed by atoms with E-state index in [0.29, 0.717) is 5.95 Å². The van der Waals surface area contributed by atoms with Crippen molar-refractivity contribution in [1.82, 2.24) is 15.4 Å². The van der Waals surface area contributed by atoms with E-state index in [4.69, 9.17) is 5.73 Å². The molecule has 1 heterocycles. The maximum Gasteiger partial charge on any atom is 0.330 e. The van der Waals surface area contributed by atoms with Crippen molar-refractivity contribution >= 4 is 12.0 Å². The van der Waals surface area contributed by atoms with Crippen LogP contribution in [-0.4, -0.2) is 16.0 Å². The highest BCUT2D eigenvalue weighted by Gasteiger charge is 1.92. The van der Waals surface area contributed by atoms with Gasteiger partial charge in [-0.2, -0.15) is 0 Å². The first kappa shape index (κ1) is 7.26. The van der Waals surface area contributed by atoms with Gasteiger partial charge in [-0.25, -0.2) is 20.2 Å². The lowest BCUT2D eigenvalue weighted by molar-refractivity contribution is 0.250. The monoisotopic (exact) mass is 153 g/mol. The number of nitrogens with zero attached hydrogens (tertiary/aromatic N) is 2. The molecule has 1 rings (SSSR count). The lowest BCUT2D eigenvalue weighted by atomic mass is 10.7. The van der Waals surface area contributed by atoms with Gasteiger partial charge >= 0.3 is 6.03 Å². The fourth-order valence-electron chi connectivity index (χ4n) is 0.481. The van der Waals surface area contributed by atoms with E-state index < -0.39 is 6.03 Å². The molecule has 0 aliphatic heterocycles. The van der Waals surface area contributed by atoms with Crippen LogP contribution in [0.25, 0.3) is 0 Å². The quantitative estimate of drug-likeness (QED) is 0.498.